The van der Waals surface area contributed by atoms with Crippen molar-refractivity contribution in [2.45, 2.75) is 17.7 Å². The molecule has 0 bridgehead atoms. The molecule has 0 aromatic heterocycles. The molecule has 0 saturated heterocycles. The van der Waals surface area contributed by atoms with Gasteiger partial charge in [0.2, 0.25) is 0 Å². The van der Waals surface area contributed by atoms with Crippen molar-refractivity contribution in [3.05, 3.63) is 28.8 Å². The molecule has 0 saturated carbocycles. The van der Waals surface area contributed by atoms with E-state index in [0.717, 1.165) is 16.2 Å². The van der Waals surface area contributed by atoms with Crippen molar-refractivity contribution in [2.24, 2.45) is 0 Å². The minimum atomic E-state index is -0.149. The molecule has 1 aliphatic rings. The maximum absolute atomic E-state index is 11.6. The predicted octanol–water partition coefficient (Wildman–Crippen LogP) is 3.09. The van der Waals surface area contributed by atoms with Crippen LogP contribution in [0.1, 0.15) is 18.4 Å². The van der Waals surface area contributed by atoms with Crippen molar-refractivity contribution < 1.29 is 9.53 Å². The molecule has 1 aromatic rings. The zero-order valence-electron chi connectivity index (χ0n) is 8.33. The number of esters is 1. The van der Waals surface area contributed by atoms with Gasteiger partial charge in [-0.15, -0.1) is 11.8 Å². The highest BCUT2D eigenvalue weighted by molar-refractivity contribution is 7.99. The number of carbonyl (C=O) groups excluding carboxylic acids is 1. The minimum absolute atomic E-state index is 0.147. The first-order valence-electron chi connectivity index (χ1n) is 4.81. The summed E-state index contributed by atoms with van der Waals surface area (Å²) in [6.45, 7) is 2.24. The Labute approximate surface area is 98.0 Å². The molecule has 0 N–H and O–H groups in total. The number of rotatable bonds is 2. The third-order valence-electron chi connectivity index (χ3n) is 2.32. The maximum atomic E-state index is 11.6. The summed E-state index contributed by atoms with van der Waals surface area (Å²) in [5.41, 5.74) is 1.01. The molecule has 4 heteroatoms. The molecule has 1 atom stereocenters. The van der Waals surface area contributed by atoms with Gasteiger partial charge < -0.3 is 4.74 Å². The van der Waals surface area contributed by atoms with E-state index in [1.165, 1.54) is 0 Å². The van der Waals surface area contributed by atoms with Gasteiger partial charge in [-0.2, -0.15) is 0 Å². The first-order chi connectivity index (χ1) is 7.22. The molecule has 15 heavy (non-hydrogen) atoms. The Bertz CT molecular complexity index is 392. The standard InChI is InChI=1S/C11H11ClO2S/c1-2-14-11(13)9-6-15-10-4-3-7(12)5-8(9)10/h3-5,9H,2,6H2,1H3. The molecule has 0 radical (unpaired) electrons. The van der Waals surface area contributed by atoms with Gasteiger partial charge in [0, 0.05) is 15.7 Å². The second kappa shape index (κ2) is 4.45. The van der Waals surface area contributed by atoms with Gasteiger partial charge in [-0.25, -0.2) is 0 Å². The summed E-state index contributed by atoms with van der Waals surface area (Å²) >= 11 is 7.59. The lowest BCUT2D eigenvalue weighted by atomic mass is 10.0. The van der Waals surface area contributed by atoms with Crippen LogP contribution in [0.15, 0.2) is 23.1 Å². The summed E-state index contributed by atoms with van der Waals surface area (Å²) in [6.07, 6.45) is 0. The maximum Gasteiger partial charge on any atom is 0.314 e. The van der Waals surface area contributed by atoms with Gasteiger partial charge in [0.15, 0.2) is 0 Å². The third-order valence-corrected chi connectivity index (χ3v) is 3.74. The normalized spacial score (nSPS) is 18.7. The van der Waals surface area contributed by atoms with Crippen molar-refractivity contribution in [2.75, 3.05) is 12.4 Å². The fraction of sp³-hybridized carbons (Fsp3) is 0.364. The molecule has 80 valence electrons. The number of ether oxygens (including phenoxy) is 1. The molecular formula is C11H11ClO2S. The average Bonchev–Trinajstić information content (AvgIpc) is 2.60. The molecule has 2 rings (SSSR count). The summed E-state index contributed by atoms with van der Waals surface area (Å²) in [5, 5.41) is 0.672. The summed E-state index contributed by atoms with van der Waals surface area (Å²) in [4.78, 5) is 12.8. The number of fused-ring (bicyclic) bond motifs is 1. The fourth-order valence-electron chi connectivity index (χ4n) is 1.62. The van der Waals surface area contributed by atoms with Gasteiger partial charge in [-0.3, -0.25) is 4.79 Å². The van der Waals surface area contributed by atoms with E-state index in [0.29, 0.717) is 11.6 Å². The molecule has 1 heterocycles. The second-order valence-electron chi connectivity index (χ2n) is 3.30. The third kappa shape index (κ3) is 2.13. The Balaban J connectivity index is 2.27. The minimum Gasteiger partial charge on any atom is -0.465 e. The predicted molar refractivity (Wildman–Crippen MR) is 61.6 cm³/mol. The number of benzene rings is 1. The zero-order chi connectivity index (χ0) is 10.8. The van der Waals surface area contributed by atoms with Gasteiger partial charge in [0.05, 0.1) is 12.5 Å². The molecular weight excluding hydrogens is 232 g/mol. The Hall–Kier alpha value is -0.670. The van der Waals surface area contributed by atoms with Gasteiger partial charge in [0.25, 0.3) is 0 Å². The van der Waals surface area contributed by atoms with Gasteiger partial charge in [-0.05, 0) is 30.7 Å². The Morgan fingerprint density at radius 3 is 3.20 bits per heavy atom. The van der Waals surface area contributed by atoms with Gasteiger partial charge in [0.1, 0.15) is 0 Å². The summed E-state index contributed by atoms with van der Waals surface area (Å²) in [6, 6.07) is 5.67. The van der Waals surface area contributed by atoms with Crippen molar-refractivity contribution in [3.63, 3.8) is 0 Å². The van der Waals surface area contributed by atoms with Crippen molar-refractivity contribution in [1.29, 1.82) is 0 Å². The first kappa shape index (κ1) is 10.8. The summed E-state index contributed by atoms with van der Waals surface area (Å²) in [7, 11) is 0. The van der Waals surface area contributed by atoms with Crippen LogP contribution in [0.5, 0.6) is 0 Å². The Morgan fingerprint density at radius 2 is 2.47 bits per heavy atom. The van der Waals surface area contributed by atoms with Crippen molar-refractivity contribution in [3.8, 4) is 0 Å². The van der Waals surface area contributed by atoms with Crippen LogP contribution in [0.4, 0.5) is 0 Å². The smallest absolute Gasteiger partial charge is 0.314 e. The van der Waals surface area contributed by atoms with Crippen LogP contribution in [0.3, 0.4) is 0 Å². The lowest BCUT2D eigenvalue weighted by molar-refractivity contribution is -0.144. The molecule has 1 unspecified atom stereocenters. The largest absolute Gasteiger partial charge is 0.465 e. The summed E-state index contributed by atoms with van der Waals surface area (Å²) in [5.74, 6) is 0.462. The number of thioether (sulfide) groups is 1. The molecule has 0 amide bonds. The lowest BCUT2D eigenvalue weighted by Gasteiger charge is -2.09. The Kier molecular flexibility index (Phi) is 3.22. The van der Waals surface area contributed by atoms with Crippen LogP contribution < -0.4 is 0 Å². The monoisotopic (exact) mass is 242 g/mol. The van der Waals surface area contributed by atoms with Crippen LogP contribution >= 0.6 is 23.4 Å². The topological polar surface area (TPSA) is 26.3 Å². The first-order valence-corrected chi connectivity index (χ1v) is 6.17. The molecule has 1 aromatic carbocycles. The number of carbonyl (C=O) groups is 1. The average molecular weight is 243 g/mol. The number of halogens is 1. The highest BCUT2D eigenvalue weighted by atomic mass is 35.5. The fourth-order valence-corrected chi connectivity index (χ4v) is 3.00. The van der Waals surface area contributed by atoms with Crippen LogP contribution in [0, 0.1) is 0 Å². The Morgan fingerprint density at radius 1 is 1.67 bits per heavy atom. The molecule has 0 aliphatic carbocycles. The molecule has 0 spiro atoms. The highest BCUT2D eigenvalue weighted by Gasteiger charge is 2.30. The van der Waals surface area contributed by atoms with E-state index in [9.17, 15) is 4.79 Å². The van der Waals surface area contributed by atoms with Crippen LogP contribution in [-0.2, 0) is 9.53 Å². The summed E-state index contributed by atoms with van der Waals surface area (Å²) < 4.78 is 5.03. The van der Waals surface area contributed by atoms with Crippen molar-refractivity contribution >= 4 is 29.3 Å². The van der Waals surface area contributed by atoms with Gasteiger partial charge >= 0.3 is 5.97 Å². The van der Waals surface area contributed by atoms with E-state index in [1.807, 2.05) is 25.1 Å². The molecule has 0 fully saturated rings. The van der Waals surface area contributed by atoms with E-state index in [2.05, 4.69) is 0 Å². The van der Waals surface area contributed by atoms with Crippen LogP contribution in [-0.4, -0.2) is 18.3 Å². The van der Waals surface area contributed by atoms with E-state index >= 15 is 0 Å². The van der Waals surface area contributed by atoms with E-state index in [1.54, 1.807) is 11.8 Å². The quantitative estimate of drug-likeness (QED) is 0.746. The van der Waals surface area contributed by atoms with Gasteiger partial charge in [-0.1, -0.05) is 11.6 Å². The van der Waals surface area contributed by atoms with Crippen LogP contribution in [0.25, 0.3) is 0 Å². The second-order valence-corrected chi connectivity index (χ2v) is 4.80. The molecule has 2 nitrogen and oxygen atoms in total. The van der Waals surface area contributed by atoms with E-state index in [-0.39, 0.29) is 11.9 Å². The number of hydrogen-bond acceptors (Lipinski definition) is 3. The van der Waals surface area contributed by atoms with Crippen LogP contribution in [0.2, 0.25) is 5.02 Å². The number of hydrogen-bond donors (Lipinski definition) is 0. The highest BCUT2D eigenvalue weighted by Crippen LogP contribution is 2.41. The zero-order valence-corrected chi connectivity index (χ0v) is 9.90. The lowest BCUT2D eigenvalue weighted by Crippen LogP contribution is -2.15. The van der Waals surface area contributed by atoms with E-state index < -0.39 is 0 Å². The SMILES string of the molecule is CCOC(=O)C1CSc2ccc(Cl)cc21. The van der Waals surface area contributed by atoms with E-state index in [4.69, 9.17) is 16.3 Å². The molecule has 1 aliphatic heterocycles. The van der Waals surface area contributed by atoms with Crippen molar-refractivity contribution in [1.82, 2.24) is 0 Å².